The highest BCUT2D eigenvalue weighted by Crippen LogP contribution is 2.54. The van der Waals surface area contributed by atoms with E-state index in [0.29, 0.717) is 60.2 Å². The summed E-state index contributed by atoms with van der Waals surface area (Å²) in [5.74, 6) is 2.02. The number of anilines is 4. The summed E-state index contributed by atoms with van der Waals surface area (Å²) in [5.41, 5.74) is 2.35. The number of methoxy groups -OCH3 is 1. The Bertz CT molecular complexity index is 1100. The zero-order valence-corrected chi connectivity index (χ0v) is 22.0. The summed E-state index contributed by atoms with van der Waals surface area (Å²) < 4.78 is 22.3. The van der Waals surface area contributed by atoms with Crippen molar-refractivity contribution in [2.24, 2.45) is 5.41 Å². The normalized spacial score (nSPS) is 19.1. The molecule has 200 valence electrons. The highest BCUT2D eigenvalue weighted by atomic mass is 32.2. The summed E-state index contributed by atoms with van der Waals surface area (Å²) >= 11 is 1.39. The molecule has 3 aliphatic rings. The van der Waals surface area contributed by atoms with Crippen LogP contribution in [0.15, 0.2) is 24.4 Å². The number of aromatic nitrogens is 2. The first-order chi connectivity index (χ1) is 18.0. The topological polar surface area (TPSA) is 103 Å². The number of hydrogen-bond donors (Lipinski definition) is 3. The quantitative estimate of drug-likeness (QED) is 0.326. The van der Waals surface area contributed by atoms with Gasteiger partial charge in [-0.15, -0.1) is 0 Å². The first-order valence-corrected chi connectivity index (χ1v) is 14.0. The van der Waals surface area contributed by atoms with E-state index in [0.717, 1.165) is 31.6 Å². The van der Waals surface area contributed by atoms with Gasteiger partial charge in [-0.2, -0.15) is 0 Å². The van der Waals surface area contributed by atoms with Crippen LogP contribution < -0.4 is 24.6 Å². The van der Waals surface area contributed by atoms with Crippen LogP contribution in [0.25, 0.3) is 0 Å². The molecular weight excluding hydrogens is 495 g/mol. The third-order valence-corrected chi connectivity index (χ3v) is 8.38. The Hall–Kier alpha value is -2.79. The summed E-state index contributed by atoms with van der Waals surface area (Å²) in [6.45, 7) is 3.01. The molecule has 0 radical (unpaired) electrons. The van der Waals surface area contributed by atoms with E-state index in [1.807, 2.05) is 11.0 Å². The van der Waals surface area contributed by atoms with Gasteiger partial charge in [-0.3, -0.25) is 4.79 Å². The molecule has 2 aromatic rings. The van der Waals surface area contributed by atoms with E-state index in [2.05, 4.69) is 24.9 Å². The molecule has 1 aliphatic carbocycles. The SMILES string of the molecule is COc1ccc(C(=O)Nc2cnc(NSCCO)cc2N2CCC3(CC2)CC3)nc1N1CCC(F)CC1. The maximum atomic E-state index is 13.7. The first-order valence-electron chi connectivity index (χ1n) is 13.0. The van der Waals surface area contributed by atoms with Gasteiger partial charge < -0.3 is 29.7 Å². The van der Waals surface area contributed by atoms with Crippen molar-refractivity contribution in [1.29, 1.82) is 0 Å². The van der Waals surface area contributed by atoms with Crippen LogP contribution in [-0.2, 0) is 0 Å². The maximum Gasteiger partial charge on any atom is 0.274 e. The van der Waals surface area contributed by atoms with Gasteiger partial charge in [-0.1, -0.05) is 0 Å². The Balaban J connectivity index is 1.36. The molecule has 9 nitrogen and oxygen atoms in total. The number of alkyl halides is 1. The van der Waals surface area contributed by atoms with E-state index < -0.39 is 6.17 Å². The van der Waals surface area contributed by atoms with Gasteiger partial charge in [-0.05, 0) is 68.0 Å². The number of nitrogens with one attached hydrogen (secondary N) is 2. The van der Waals surface area contributed by atoms with E-state index in [4.69, 9.17) is 9.84 Å². The molecule has 3 fully saturated rings. The minimum atomic E-state index is -0.802. The Morgan fingerprint density at radius 3 is 2.62 bits per heavy atom. The standard InChI is InChI=1S/C26H35FN6O3S/c1-36-22-3-2-19(29-24(22)33-10-4-18(27)5-11-33)25(35)30-20-17-28-23(31-37-15-14-34)16-21(20)32-12-8-26(6-7-26)9-13-32/h2-3,16-18,34H,4-15H2,1H3,(H,28,31)(H,30,35). The third kappa shape index (κ3) is 6.04. The van der Waals surface area contributed by atoms with E-state index in [1.165, 1.54) is 24.8 Å². The van der Waals surface area contributed by atoms with Crippen molar-refractivity contribution < 1.29 is 19.0 Å². The first kappa shape index (κ1) is 25.8. The summed E-state index contributed by atoms with van der Waals surface area (Å²) in [6, 6.07) is 5.34. The highest BCUT2D eigenvalue weighted by molar-refractivity contribution is 8.00. The van der Waals surface area contributed by atoms with Crippen molar-refractivity contribution in [3.8, 4) is 5.75 Å². The Morgan fingerprint density at radius 1 is 1.19 bits per heavy atom. The molecule has 5 rings (SSSR count). The lowest BCUT2D eigenvalue weighted by atomic mass is 9.93. The molecule has 0 aromatic carbocycles. The molecule has 1 amide bonds. The van der Waals surface area contributed by atoms with Crippen LogP contribution >= 0.6 is 11.9 Å². The van der Waals surface area contributed by atoms with E-state index >= 15 is 0 Å². The van der Waals surface area contributed by atoms with Crippen LogP contribution in [0.5, 0.6) is 5.75 Å². The maximum absolute atomic E-state index is 13.7. The third-order valence-electron chi connectivity index (χ3n) is 7.64. The molecule has 2 aromatic heterocycles. The van der Waals surface area contributed by atoms with Gasteiger partial charge in [-0.25, -0.2) is 14.4 Å². The second kappa shape index (κ2) is 11.3. The largest absolute Gasteiger partial charge is 0.493 e. The van der Waals surface area contributed by atoms with Crippen molar-refractivity contribution in [2.45, 2.75) is 44.7 Å². The predicted molar refractivity (Wildman–Crippen MR) is 146 cm³/mol. The molecule has 37 heavy (non-hydrogen) atoms. The van der Waals surface area contributed by atoms with Crippen molar-refractivity contribution in [2.75, 3.05) is 65.5 Å². The summed E-state index contributed by atoms with van der Waals surface area (Å²) in [4.78, 5) is 26.7. The minimum Gasteiger partial charge on any atom is -0.493 e. The van der Waals surface area contributed by atoms with Crippen LogP contribution in [0.2, 0.25) is 0 Å². The number of rotatable bonds is 9. The second-order valence-corrected chi connectivity index (χ2v) is 11.0. The van der Waals surface area contributed by atoms with Gasteiger partial charge in [0.2, 0.25) is 0 Å². The molecule has 4 heterocycles. The monoisotopic (exact) mass is 530 g/mol. The number of amides is 1. The molecule has 3 N–H and O–H groups in total. The Kier molecular flexibility index (Phi) is 7.89. The second-order valence-electron chi connectivity index (χ2n) is 10.1. The number of ether oxygens (including phenoxy) is 1. The van der Waals surface area contributed by atoms with Crippen molar-refractivity contribution >= 4 is 40.9 Å². The average molecular weight is 531 g/mol. The van der Waals surface area contributed by atoms with Gasteiger partial charge in [0.15, 0.2) is 11.6 Å². The Labute approximate surface area is 221 Å². The molecule has 1 spiro atoms. The van der Waals surface area contributed by atoms with Gasteiger partial charge in [0.1, 0.15) is 17.7 Å². The van der Waals surface area contributed by atoms with E-state index in [-0.39, 0.29) is 18.2 Å². The molecule has 11 heteroatoms. The van der Waals surface area contributed by atoms with Crippen molar-refractivity contribution in [1.82, 2.24) is 9.97 Å². The van der Waals surface area contributed by atoms with Crippen molar-refractivity contribution in [3.63, 3.8) is 0 Å². The molecule has 2 saturated heterocycles. The van der Waals surface area contributed by atoms with Gasteiger partial charge in [0, 0.05) is 38.0 Å². The number of piperidine rings is 2. The molecule has 2 aliphatic heterocycles. The minimum absolute atomic E-state index is 0.0789. The van der Waals surface area contributed by atoms with E-state index in [1.54, 1.807) is 25.4 Å². The number of halogens is 1. The van der Waals surface area contributed by atoms with Gasteiger partial charge in [0.25, 0.3) is 5.91 Å². The van der Waals surface area contributed by atoms with Crippen LogP contribution in [0.1, 0.15) is 49.0 Å². The zero-order chi connectivity index (χ0) is 25.8. The van der Waals surface area contributed by atoms with E-state index in [9.17, 15) is 9.18 Å². The zero-order valence-electron chi connectivity index (χ0n) is 21.2. The number of aliphatic hydroxyl groups is 1. The predicted octanol–water partition coefficient (Wildman–Crippen LogP) is 4.11. The number of aliphatic hydroxyl groups excluding tert-OH is 1. The van der Waals surface area contributed by atoms with Crippen molar-refractivity contribution in [3.05, 3.63) is 30.1 Å². The fraction of sp³-hybridized carbons (Fsp3) is 0.577. The van der Waals surface area contributed by atoms with Crippen LogP contribution in [0.4, 0.5) is 27.4 Å². The number of nitrogens with zero attached hydrogens (tertiary/aromatic N) is 4. The molecular formula is C26H35FN6O3S. The fourth-order valence-corrected chi connectivity index (χ4v) is 5.57. The number of carbonyl (C=O) groups is 1. The Morgan fingerprint density at radius 2 is 1.95 bits per heavy atom. The highest BCUT2D eigenvalue weighted by Gasteiger charge is 2.44. The van der Waals surface area contributed by atoms with Gasteiger partial charge >= 0.3 is 0 Å². The lowest BCUT2D eigenvalue weighted by Crippen LogP contribution is -2.35. The molecule has 0 bridgehead atoms. The number of carbonyl (C=O) groups excluding carboxylic acids is 1. The molecule has 1 saturated carbocycles. The molecule has 0 unspecified atom stereocenters. The summed E-state index contributed by atoms with van der Waals surface area (Å²) in [5, 5.41) is 12.1. The average Bonchev–Trinajstić information content (AvgIpc) is 3.68. The van der Waals surface area contributed by atoms with Gasteiger partial charge in [0.05, 0.1) is 31.3 Å². The smallest absolute Gasteiger partial charge is 0.274 e. The molecule has 0 atom stereocenters. The van der Waals surface area contributed by atoms with Crippen LogP contribution in [0.3, 0.4) is 0 Å². The summed E-state index contributed by atoms with van der Waals surface area (Å²) in [6.07, 6.45) is 6.69. The lowest BCUT2D eigenvalue weighted by Gasteiger charge is -2.35. The fourth-order valence-electron chi connectivity index (χ4n) is 5.12. The number of hydrogen-bond acceptors (Lipinski definition) is 9. The lowest BCUT2D eigenvalue weighted by molar-refractivity contribution is 0.102. The summed E-state index contributed by atoms with van der Waals surface area (Å²) in [7, 11) is 1.57. The van der Waals surface area contributed by atoms with Crippen LogP contribution in [-0.4, -0.2) is 72.8 Å². The number of pyridine rings is 2. The van der Waals surface area contributed by atoms with Crippen LogP contribution in [0, 0.1) is 5.41 Å².